The quantitative estimate of drug-likeness (QED) is 0.696. The van der Waals surface area contributed by atoms with Crippen molar-refractivity contribution in [3.8, 4) is 5.75 Å². The van der Waals surface area contributed by atoms with Gasteiger partial charge in [0.1, 0.15) is 5.75 Å². The van der Waals surface area contributed by atoms with E-state index in [9.17, 15) is 4.79 Å². The van der Waals surface area contributed by atoms with Crippen LogP contribution in [0, 0.1) is 6.92 Å². The van der Waals surface area contributed by atoms with E-state index >= 15 is 0 Å². The van der Waals surface area contributed by atoms with Crippen molar-refractivity contribution in [1.29, 1.82) is 0 Å². The summed E-state index contributed by atoms with van der Waals surface area (Å²) in [6.07, 6.45) is 1.39. The van der Waals surface area contributed by atoms with Crippen LogP contribution in [0.3, 0.4) is 0 Å². The average Bonchev–Trinajstić information content (AvgIpc) is 2.45. The molecular formula is C12H15NO4. The zero-order chi connectivity index (χ0) is 12.4. The smallest absolute Gasteiger partial charge is 0.308 e. The maximum Gasteiger partial charge on any atom is 0.308 e. The Morgan fingerprint density at radius 1 is 1.47 bits per heavy atom. The highest BCUT2D eigenvalue weighted by atomic mass is 16.7. The van der Waals surface area contributed by atoms with Gasteiger partial charge in [0.25, 0.3) is 0 Å². The molecule has 1 aliphatic heterocycles. The molecular weight excluding hydrogens is 222 g/mol. The lowest BCUT2D eigenvalue weighted by molar-refractivity contribution is -0.137. The summed E-state index contributed by atoms with van der Waals surface area (Å²) in [6, 6.07) is 0. The van der Waals surface area contributed by atoms with E-state index in [-0.39, 0.29) is 12.3 Å². The molecule has 1 aromatic heterocycles. The number of esters is 1. The van der Waals surface area contributed by atoms with Crippen LogP contribution in [-0.2, 0) is 27.5 Å². The normalized spacial score (nSPS) is 19.4. The summed E-state index contributed by atoms with van der Waals surface area (Å²) in [4.78, 5) is 15.4. The number of hydrogen-bond donors (Lipinski definition) is 0. The van der Waals surface area contributed by atoms with Gasteiger partial charge in [-0.05, 0) is 13.8 Å². The van der Waals surface area contributed by atoms with Crippen LogP contribution >= 0.6 is 0 Å². The zero-order valence-corrected chi connectivity index (χ0v) is 10.1. The Morgan fingerprint density at radius 3 is 2.88 bits per heavy atom. The molecule has 2 heterocycles. The van der Waals surface area contributed by atoms with Crippen LogP contribution in [0.2, 0.25) is 0 Å². The highest BCUT2D eigenvalue weighted by Gasteiger charge is 2.20. The van der Waals surface area contributed by atoms with Crippen molar-refractivity contribution in [2.24, 2.45) is 0 Å². The zero-order valence-electron chi connectivity index (χ0n) is 10.1. The predicted molar refractivity (Wildman–Crippen MR) is 59.3 cm³/mol. The van der Waals surface area contributed by atoms with Crippen LogP contribution in [0.25, 0.3) is 0 Å². The van der Waals surface area contributed by atoms with Gasteiger partial charge in [-0.25, -0.2) is 0 Å². The maximum absolute atomic E-state index is 11.1. The van der Waals surface area contributed by atoms with Crippen molar-refractivity contribution in [2.75, 3.05) is 0 Å². The standard InChI is InChI=1S/C12H15NO4/c1-7-4-13-11-6-16-9(3)15-5-10(11)12(7)17-8(2)14/h4,9H,5-6H2,1-3H3/t9-/m1/s1. The van der Waals surface area contributed by atoms with E-state index in [1.54, 1.807) is 6.20 Å². The van der Waals surface area contributed by atoms with Crippen molar-refractivity contribution in [2.45, 2.75) is 40.3 Å². The number of rotatable bonds is 1. The number of aromatic nitrogens is 1. The predicted octanol–water partition coefficient (Wildman–Crippen LogP) is 1.71. The molecule has 2 rings (SSSR count). The number of ether oxygens (including phenoxy) is 3. The van der Waals surface area contributed by atoms with Crippen LogP contribution in [0.1, 0.15) is 30.7 Å². The van der Waals surface area contributed by atoms with E-state index < -0.39 is 0 Å². The van der Waals surface area contributed by atoms with Gasteiger partial charge in [0, 0.05) is 24.2 Å². The summed E-state index contributed by atoms with van der Waals surface area (Å²) in [5.41, 5.74) is 2.37. The van der Waals surface area contributed by atoms with Gasteiger partial charge in [-0.2, -0.15) is 0 Å². The third kappa shape index (κ3) is 2.62. The lowest BCUT2D eigenvalue weighted by Crippen LogP contribution is -2.09. The van der Waals surface area contributed by atoms with E-state index in [1.165, 1.54) is 6.92 Å². The summed E-state index contributed by atoms with van der Waals surface area (Å²) in [7, 11) is 0. The molecule has 0 aliphatic carbocycles. The third-order valence-corrected chi connectivity index (χ3v) is 2.56. The van der Waals surface area contributed by atoms with E-state index in [0.29, 0.717) is 19.0 Å². The van der Waals surface area contributed by atoms with Crippen molar-refractivity contribution < 1.29 is 19.0 Å². The first-order valence-corrected chi connectivity index (χ1v) is 5.47. The van der Waals surface area contributed by atoms with Gasteiger partial charge in [0.2, 0.25) is 0 Å². The van der Waals surface area contributed by atoms with Gasteiger partial charge in [-0.1, -0.05) is 0 Å². The fourth-order valence-electron chi connectivity index (χ4n) is 1.68. The van der Waals surface area contributed by atoms with Crippen LogP contribution in [-0.4, -0.2) is 17.2 Å². The lowest BCUT2D eigenvalue weighted by Gasteiger charge is -2.12. The number of fused-ring (bicyclic) bond motifs is 1. The van der Waals surface area contributed by atoms with Gasteiger partial charge < -0.3 is 14.2 Å². The van der Waals surface area contributed by atoms with Crippen molar-refractivity contribution in [1.82, 2.24) is 4.98 Å². The minimum atomic E-state index is -0.347. The second-order valence-electron chi connectivity index (χ2n) is 3.98. The molecule has 92 valence electrons. The van der Waals surface area contributed by atoms with Gasteiger partial charge >= 0.3 is 5.97 Å². The number of aryl methyl sites for hydroxylation is 1. The minimum absolute atomic E-state index is 0.283. The Hall–Kier alpha value is -1.46. The molecule has 0 unspecified atom stereocenters. The molecule has 0 fully saturated rings. The van der Waals surface area contributed by atoms with Crippen LogP contribution < -0.4 is 4.74 Å². The first kappa shape index (κ1) is 12.0. The second kappa shape index (κ2) is 4.81. The number of carbonyl (C=O) groups excluding carboxylic acids is 1. The first-order valence-electron chi connectivity index (χ1n) is 5.47. The van der Waals surface area contributed by atoms with Crippen LogP contribution in [0.4, 0.5) is 0 Å². The van der Waals surface area contributed by atoms with Gasteiger partial charge in [0.05, 0.1) is 18.9 Å². The Bertz CT molecular complexity index is 444. The monoisotopic (exact) mass is 237 g/mol. The second-order valence-corrected chi connectivity index (χ2v) is 3.98. The fourth-order valence-corrected chi connectivity index (χ4v) is 1.68. The summed E-state index contributed by atoms with van der Waals surface area (Å²) >= 11 is 0. The number of carbonyl (C=O) groups is 1. The first-order chi connectivity index (χ1) is 8.08. The fraction of sp³-hybridized carbons (Fsp3) is 0.500. The highest BCUT2D eigenvalue weighted by molar-refractivity contribution is 5.70. The molecule has 0 spiro atoms. The Balaban J connectivity index is 2.41. The molecule has 0 radical (unpaired) electrons. The molecule has 0 bridgehead atoms. The number of hydrogen-bond acceptors (Lipinski definition) is 5. The SMILES string of the molecule is CC(=O)Oc1c(C)cnc2c1CO[C@@H](C)OC2. The molecule has 17 heavy (non-hydrogen) atoms. The Labute approximate surface area is 99.7 Å². The van der Waals surface area contributed by atoms with E-state index in [2.05, 4.69) is 4.98 Å². The number of nitrogens with zero attached hydrogens (tertiary/aromatic N) is 1. The van der Waals surface area contributed by atoms with Crippen LogP contribution in [0.5, 0.6) is 5.75 Å². The van der Waals surface area contributed by atoms with Crippen molar-refractivity contribution in [3.05, 3.63) is 23.0 Å². The Kier molecular flexibility index (Phi) is 3.40. The summed E-state index contributed by atoms with van der Waals surface area (Å²) in [5.74, 6) is 0.194. The van der Waals surface area contributed by atoms with E-state index in [0.717, 1.165) is 16.8 Å². The van der Waals surface area contributed by atoms with E-state index in [1.807, 2.05) is 13.8 Å². The molecule has 0 saturated carbocycles. The molecule has 1 atom stereocenters. The Morgan fingerprint density at radius 2 is 2.18 bits per heavy atom. The molecule has 5 heteroatoms. The highest BCUT2D eigenvalue weighted by Crippen LogP contribution is 2.29. The molecule has 0 aromatic carbocycles. The van der Waals surface area contributed by atoms with Crippen molar-refractivity contribution in [3.63, 3.8) is 0 Å². The molecule has 1 aliphatic rings. The largest absolute Gasteiger partial charge is 0.426 e. The van der Waals surface area contributed by atoms with Crippen LogP contribution in [0.15, 0.2) is 6.20 Å². The van der Waals surface area contributed by atoms with Gasteiger partial charge in [-0.3, -0.25) is 9.78 Å². The van der Waals surface area contributed by atoms with E-state index in [4.69, 9.17) is 14.2 Å². The molecule has 1 aromatic rings. The topological polar surface area (TPSA) is 57.7 Å². The van der Waals surface area contributed by atoms with Gasteiger partial charge in [0.15, 0.2) is 6.29 Å². The minimum Gasteiger partial charge on any atom is -0.426 e. The molecule has 0 N–H and O–H groups in total. The number of pyridine rings is 1. The summed E-state index contributed by atoms with van der Waals surface area (Å²) < 4.78 is 16.1. The summed E-state index contributed by atoms with van der Waals surface area (Å²) in [6.45, 7) is 5.76. The lowest BCUT2D eigenvalue weighted by atomic mass is 10.1. The van der Waals surface area contributed by atoms with Gasteiger partial charge in [-0.15, -0.1) is 0 Å². The molecule has 5 nitrogen and oxygen atoms in total. The average molecular weight is 237 g/mol. The van der Waals surface area contributed by atoms with Crippen molar-refractivity contribution >= 4 is 5.97 Å². The third-order valence-electron chi connectivity index (χ3n) is 2.56. The molecule has 0 amide bonds. The maximum atomic E-state index is 11.1. The summed E-state index contributed by atoms with van der Waals surface area (Å²) in [5, 5.41) is 0. The molecule has 0 saturated heterocycles.